The molecule has 0 aliphatic carbocycles. The Bertz CT molecular complexity index is 1140. The third-order valence-electron chi connectivity index (χ3n) is 6.25. The molecule has 0 bridgehead atoms. The van der Waals surface area contributed by atoms with Gasteiger partial charge < -0.3 is 24.3 Å². The van der Waals surface area contributed by atoms with Crippen molar-refractivity contribution in [3.05, 3.63) is 53.2 Å². The van der Waals surface area contributed by atoms with E-state index < -0.39 is 6.04 Å². The summed E-state index contributed by atoms with van der Waals surface area (Å²) in [5.74, 6) is 1.18. The number of carbonyl (C=O) groups is 1. The van der Waals surface area contributed by atoms with Crippen LogP contribution in [-0.2, 0) is 16.0 Å². The standard InChI is InChI=1S/C25H31N3O5S/c1-31-19-11-14(12-20(32-2)24(19)29)22-23-16(15-7-5-6-8-17(15)27-23)13-21(28-22)26-18(9-10-34-4)25(30)33-3/h5-8,11-12,18,21-22,26-29H,9-10,13H2,1-4H3/t18-,21-,22+/m0/s1. The Kier molecular flexibility index (Phi) is 7.55. The number of phenols is 1. The van der Waals surface area contributed by atoms with Gasteiger partial charge in [0.15, 0.2) is 11.5 Å². The van der Waals surface area contributed by atoms with Gasteiger partial charge in [0.1, 0.15) is 6.04 Å². The lowest BCUT2D eigenvalue weighted by Gasteiger charge is -2.34. The highest BCUT2D eigenvalue weighted by atomic mass is 32.2. The fourth-order valence-electron chi connectivity index (χ4n) is 4.58. The summed E-state index contributed by atoms with van der Waals surface area (Å²) in [5.41, 5.74) is 4.12. The summed E-state index contributed by atoms with van der Waals surface area (Å²) in [6.07, 6.45) is 3.19. The number of esters is 1. The molecule has 3 aromatic rings. The maximum absolute atomic E-state index is 12.5. The normalized spacial score (nSPS) is 18.4. The lowest BCUT2D eigenvalue weighted by Crippen LogP contribution is -2.54. The van der Waals surface area contributed by atoms with E-state index in [1.54, 1.807) is 23.9 Å². The predicted molar refractivity (Wildman–Crippen MR) is 134 cm³/mol. The summed E-state index contributed by atoms with van der Waals surface area (Å²) in [6.45, 7) is 0. The largest absolute Gasteiger partial charge is 0.502 e. The van der Waals surface area contributed by atoms with Crippen molar-refractivity contribution < 1.29 is 24.1 Å². The summed E-state index contributed by atoms with van der Waals surface area (Å²) in [7, 11) is 4.44. The number of phenolic OH excluding ortho intramolecular Hbond substituents is 1. The molecule has 0 unspecified atom stereocenters. The smallest absolute Gasteiger partial charge is 0.322 e. The molecule has 9 heteroatoms. The Balaban J connectivity index is 1.77. The number of nitrogens with one attached hydrogen (secondary N) is 3. The molecule has 1 aliphatic rings. The summed E-state index contributed by atoms with van der Waals surface area (Å²) < 4.78 is 15.9. The highest BCUT2D eigenvalue weighted by molar-refractivity contribution is 7.98. The van der Waals surface area contributed by atoms with Crippen LogP contribution in [0.3, 0.4) is 0 Å². The molecule has 0 amide bonds. The van der Waals surface area contributed by atoms with Gasteiger partial charge in [0.05, 0.1) is 33.5 Å². The molecule has 1 aliphatic heterocycles. The van der Waals surface area contributed by atoms with E-state index in [1.165, 1.54) is 26.9 Å². The van der Waals surface area contributed by atoms with Gasteiger partial charge >= 0.3 is 5.97 Å². The number of H-pyrrole nitrogens is 1. The number of benzene rings is 2. The van der Waals surface area contributed by atoms with E-state index in [9.17, 15) is 9.90 Å². The van der Waals surface area contributed by atoms with E-state index in [4.69, 9.17) is 14.2 Å². The maximum Gasteiger partial charge on any atom is 0.322 e. The zero-order valence-electron chi connectivity index (χ0n) is 19.8. The zero-order valence-corrected chi connectivity index (χ0v) is 20.6. The predicted octanol–water partition coefficient (Wildman–Crippen LogP) is 3.34. The third-order valence-corrected chi connectivity index (χ3v) is 6.89. The summed E-state index contributed by atoms with van der Waals surface area (Å²) in [4.78, 5) is 16.0. The first-order valence-electron chi connectivity index (χ1n) is 11.1. The summed E-state index contributed by atoms with van der Waals surface area (Å²) in [5, 5.41) is 18.7. The highest BCUT2D eigenvalue weighted by Crippen LogP contribution is 2.42. The van der Waals surface area contributed by atoms with Crippen molar-refractivity contribution in [1.82, 2.24) is 15.6 Å². The van der Waals surface area contributed by atoms with Crippen LogP contribution in [0.1, 0.15) is 29.3 Å². The first-order valence-corrected chi connectivity index (χ1v) is 12.5. The van der Waals surface area contributed by atoms with E-state index in [0.717, 1.165) is 27.9 Å². The van der Waals surface area contributed by atoms with Gasteiger partial charge in [0, 0.05) is 23.0 Å². The zero-order chi connectivity index (χ0) is 24.2. The number of carbonyl (C=O) groups excluding carboxylic acids is 1. The van der Waals surface area contributed by atoms with Crippen molar-refractivity contribution in [3.8, 4) is 17.2 Å². The highest BCUT2D eigenvalue weighted by Gasteiger charge is 2.34. The van der Waals surface area contributed by atoms with Gasteiger partial charge in [-0.25, -0.2) is 0 Å². The minimum atomic E-state index is -0.425. The minimum absolute atomic E-state index is 0.0427. The number of aromatic amines is 1. The van der Waals surface area contributed by atoms with E-state index in [-0.39, 0.29) is 23.9 Å². The number of fused-ring (bicyclic) bond motifs is 3. The number of thioether (sulfide) groups is 1. The van der Waals surface area contributed by atoms with Crippen LogP contribution in [-0.4, -0.2) is 61.6 Å². The number of para-hydroxylation sites is 1. The fraction of sp³-hybridized carbons (Fsp3) is 0.400. The number of ether oxygens (including phenoxy) is 3. The SMILES string of the molecule is COC(=O)[C@H](CCSC)N[C@@H]1Cc2c([nH]c3ccccc23)[C@@H](c2cc(OC)c(O)c(OC)c2)N1. The molecule has 4 rings (SSSR count). The second-order valence-corrected chi connectivity index (χ2v) is 9.20. The van der Waals surface area contributed by atoms with Crippen LogP contribution >= 0.6 is 11.8 Å². The Morgan fingerprint density at radius 1 is 1.21 bits per heavy atom. The van der Waals surface area contributed by atoms with Gasteiger partial charge in [-0.3, -0.25) is 15.4 Å². The number of methoxy groups -OCH3 is 3. The van der Waals surface area contributed by atoms with Crippen LogP contribution in [0.4, 0.5) is 0 Å². The summed E-state index contributed by atoms with van der Waals surface area (Å²) in [6, 6.07) is 11.1. The Hall–Kier alpha value is -2.88. The molecule has 0 fully saturated rings. The van der Waals surface area contributed by atoms with Crippen molar-refractivity contribution in [2.45, 2.75) is 31.1 Å². The quantitative estimate of drug-likeness (QED) is 0.342. The maximum atomic E-state index is 12.5. The van der Waals surface area contributed by atoms with Crippen LogP contribution < -0.4 is 20.1 Å². The van der Waals surface area contributed by atoms with E-state index in [1.807, 2.05) is 18.4 Å². The molecule has 0 spiro atoms. The van der Waals surface area contributed by atoms with Gasteiger partial charge in [-0.1, -0.05) is 18.2 Å². The van der Waals surface area contributed by atoms with Crippen molar-refractivity contribution in [3.63, 3.8) is 0 Å². The number of hydrogen-bond acceptors (Lipinski definition) is 8. The number of hydrogen-bond donors (Lipinski definition) is 4. The number of aromatic nitrogens is 1. The van der Waals surface area contributed by atoms with Gasteiger partial charge in [-0.05, 0) is 47.8 Å². The minimum Gasteiger partial charge on any atom is -0.502 e. The Labute approximate surface area is 203 Å². The second-order valence-electron chi connectivity index (χ2n) is 8.22. The topological polar surface area (TPSA) is 105 Å². The average molecular weight is 486 g/mol. The van der Waals surface area contributed by atoms with Crippen molar-refractivity contribution >= 4 is 28.6 Å². The lowest BCUT2D eigenvalue weighted by molar-refractivity contribution is -0.143. The van der Waals surface area contributed by atoms with Gasteiger partial charge in [0.2, 0.25) is 5.75 Å². The van der Waals surface area contributed by atoms with Gasteiger partial charge in [-0.15, -0.1) is 0 Å². The molecular weight excluding hydrogens is 454 g/mol. The molecule has 3 atom stereocenters. The molecule has 0 saturated heterocycles. The van der Waals surface area contributed by atoms with Crippen LogP contribution in [0.5, 0.6) is 17.2 Å². The van der Waals surface area contributed by atoms with E-state index >= 15 is 0 Å². The second kappa shape index (κ2) is 10.6. The molecule has 2 heterocycles. The Morgan fingerprint density at radius 3 is 2.56 bits per heavy atom. The molecule has 182 valence electrons. The first-order chi connectivity index (χ1) is 16.5. The van der Waals surface area contributed by atoms with Crippen LogP contribution in [0.25, 0.3) is 10.9 Å². The number of aromatic hydroxyl groups is 1. The third kappa shape index (κ3) is 4.68. The fourth-order valence-corrected chi connectivity index (χ4v) is 5.05. The van der Waals surface area contributed by atoms with Crippen LogP contribution in [0.15, 0.2) is 36.4 Å². The van der Waals surface area contributed by atoms with Crippen molar-refractivity contribution in [1.29, 1.82) is 0 Å². The van der Waals surface area contributed by atoms with E-state index in [2.05, 4.69) is 27.8 Å². The van der Waals surface area contributed by atoms with Gasteiger partial charge in [0.25, 0.3) is 0 Å². The molecule has 8 nitrogen and oxygen atoms in total. The molecule has 2 aromatic carbocycles. The monoisotopic (exact) mass is 485 g/mol. The molecule has 4 N–H and O–H groups in total. The summed E-state index contributed by atoms with van der Waals surface area (Å²) >= 11 is 1.69. The number of rotatable bonds is 9. The van der Waals surface area contributed by atoms with E-state index in [0.29, 0.717) is 24.3 Å². The average Bonchev–Trinajstić information content (AvgIpc) is 3.24. The molecule has 1 aromatic heterocycles. The molecule has 0 saturated carbocycles. The van der Waals surface area contributed by atoms with Crippen molar-refractivity contribution in [2.24, 2.45) is 0 Å². The molecule has 34 heavy (non-hydrogen) atoms. The lowest BCUT2D eigenvalue weighted by atomic mass is 9.92. The first kappa shape index (κ1) is 24.3. The van der Waals surface area contributed by atoms with Crippen LogP contribution in [0, 0.1) is 0 Å². The van der Waals surface area contributed by atoms with Crippen LogP contribution in [0.2, 0.25) is 0 Å². The van der Waals surface area contributed by atoms with Crippen molar-refractivity contribution in [2.75, 3.05) is 33.3 Å². The Morgan fingerprint density at radius 2 is 1.91 bits per heavy atom. The molecular formula is C25H31N3O5S. The molecule has 0 radical (unpaired) electrons. The van der Waals surface area contributed by atoms with Gasteiger partial charge in [-0.2, -0.15) is 11.8 Å².